The topological polar surface area (TPSA) is 286 Å². The van der Waals surface area contributed by atoms with E-state index in [1.165, 1.54) is 28.4 Å². The molecule has 0 atom stereocenters. The van der Waals surface area contributed by atoms with Crippen LogP contribution >= 0.6 is 11.6 Å². The fourth-order valence-corrected chi connectivity index (χ4v) is 7.72. The summed E-state index contributed by atoms with van der Waals surface area (Å²) >= 11 is 5.13. The summed E-state index contributed by atoms with van der Waals surface area (Å²) in [6.07, 6.45) is 12.1. The van der Waals surface area contributed by atoms with Gasteiger partial charge in [0.1, 0.15) is 45.9 Å². The van der Waals surface area contributed by atoms with Crippen molar-refractivity contribution in [2.75, 3.05) is 34.2 Å². The molecule has 27 heteroatoms. The Hall–Kier alpha value is -10.4. The third-order valence-corrected chi connectivity index (χ3v) is 11.7. The van der Waals surface area contributed by atoms with E-state index in [1.807, 2.05) is 32.2 Å². The number of aromatic carboxylic acids is 1. The highest BCUT2D eigenvalue weighted by molar-refractivity contribution is 6.68. The minimum atomic E-state index is -1.26. The molecule has 0 radical (unpaired) electrons. The SMILES string of the molecule is COc1ncc(F)cc1C(=O)Cc1ccc(Cc2c[nH]c3ncc(C)cc23)c(F)n1.COc1ncc(F)cc1C(=O)Cl.COc1ncc(F)cc1C(=O)O.COc1ncc(F)cc1C=O.Cc1cnc2[nH]cc(Cc3ccc(N)nc3F)c2c1. The predicted molar refractivity (Wildman–Crippen MR) is 294 cm³/mol. The number of anilines is 1. The molecule has 0 bridgehead atoms. The number of carboxylic acids is 1. The largest absolute Gasteiger partial charge is 0.480 e. The Morgan fingerprint density at radius 2 is 0.988 bits per heavy atom. The third kappa shape index (κ3) is 16.8. The number of nitrogens with zero attached hydrogens (tertiary/aromatic N) is 8. The molecule has 84 heavy (non-hydrogen) atoms. The molecule has 10 rings (SSSR count). The minimum absolute atomic E-state index is 0.00885. The van der Waals surface area contributed by atoms with Crippen LogP contribution in [-0.2, 0) is 19.3 Å². The average molecular weight is 1180 g/mol. The van der Waals surface area contributed by atoms with Gasteiger partial charge in [0.2, 0.25) is 35.4 Å². The van der Waals surface area contributed by atoms with Gasteiger partial charge in [0.25, 0.3) is 5.24 Å². The summed E-state index contributed by atoms with van der Waals surface area (Å²) in [5.41, 5.74) is 11.9. The number of aldehydes is 1. The number of nitrogen functional groups attached to an aromatic ring is 1. The highest BCUT2D eigenvalue weighted by Crippen LogP contribution is 2.25. The number of ether oxygens (including phenoxy) is 4. The van der Waals surface area contributed by atoms with E-state index in [9.17, 15) is 45.5 Å². The number of hydrogen-bond donors (Lipinski definition) is 4. The van der Waals surface area contributed by atoms with E-state index in [2.05, 4.69) is 64.1 Å². The lowest BCUT2D eigenvalue weighted by Crippen LogP contribution is -2.10. The normalized spacial score (nSPS) is 10.4. The quantitative estimate of drug-likeness (QED) is 0.0259. The number of carbonyl (C=O) groups is 4. The van der Waals surface area contributed by atoms with Gasteiger partial charge >= 0.3 is 5.97 Å². The van der Waals surface area contributed by atoms with Crippen LogP contribution in [0.3, 0.4) is 0 Å². The van der Waals surface area contributed by atoms with E-state index < -0.39 is 52.2 Å². The van der Waals surface area contributed by atoms with Crippen molar-refractivity contribution >= 4 is 62.8 Å². The van der Waals surface area contributed by atoms with Gasteiger partial charge in [-0.05, 0) is 96.2 Å². The van der Waals surface area contributed by atoms with Gasteiger partial charge in [-0.25, -0.2) is 62.2 Å². The number of ketones is 1. The first kappa shape index (κ1) is 62.8. The van der Waals surface area contributed by atoms with Crippen molar-refractivity contribution in [1.29, 1.82) is 0 Å². The Morgan fingerprint density at radius 3 is 1.44 bits per heavy atom. The van der Waals surface area contributed by atoms with Crippen LogP contribution < -0.4 is 24.7 Å². The number of rotatable bonds is 14. The molecule has 10 heterocycles. The minimum Gasteiger partial charge on any atom is -0.480 e. The maximum atomic E-state index is 14.6. The highest BCUT2D eigenvalue weighted by Gasteiger charge is 2.19. The zero-order chi connectivity index (χ0) is 61.2. The lowest BCUT2D eigenvalue weighted by atomic mass is 10.0. The molecule has 0 aromatic carbocycles. The number of nitrogens with one attached hydrogen (secondary N) is 2. The number of hydrogen-bond acceptors (Lipinski definition) is 17. The van der Waals surface area contributed by atoms with E-state index >= 15 is 0 Å². The summed E-state index contributed by atoms with van der Waals surface area (Å²) in [7, 11) is 5.30. The third-order valence-electron chi connectivity index (χ3n) is 11.5. The standard InChI is InChI=1S/C22H18F2N4O2.C14H13FN4.C7H5ClFNO2.C7H6FNO3.C7H6FNO2/c1-12-5-17-14(10-26-21(17)25-9-12)6-13-3-4-16(28-20(13)24)8-19(29)18-7-15(23)11-27-22(18)30-2;1-8-4-11-10(7-18-14(11)17-6-8)5-9-2-3-12(16)19-13(9)15;1-12-7-5(6(8)11)2-4(9)3-10-7;1-12-6-5(7(10)11)2-4(8)3-9-6;1-11-7-5(4-10)2-6(8)3-9-7/h3-5,7,9-11H,6,8H2,1-2H3,(H,25,26);2-4,6-7H,5H2,1H3,(H2,16,19)(H,17,18);2-3H,1H3;2-3H,1H3,(H,10,11);2-4H,1H3. The number of pyridine rings is 8. The van der Waals surface area contributed by atoms with Crippen LogP contribution in [-0.4, -0.2) is 107 Å². The van der Waals surface area contributed by atoms with Crippen LogP contribution in [0.15, 0.2) is 110 Å². The number of aryl methyl sites for hydroxylation is 2. The first-order valence-corrected chi connectivity index (χ1v) is 24.6. The second-order valence-electron chi connectivity index (χ2n) is 17.4. The van der Waals surface area contributed by atoms with Crippen molar-refractivity contribution in [2.24, 2.45) is 0 Å². The number of methoxy groups -OCH3 is 4. The molecule has 434 valence electrons. The van der Waals surface area contributed by atoms with Crippen LogP contribution in [0.5, 0.6) is 23.5 Å². The zero-order valence-electron chi connectivity index (χ0n) is 45.1. The fourth-order valence-electron chi connectivity index (χ4n) is 7.59. The van der Waals surface area contributed by atoms with Gasteiger partial charge in [0.05, 0.1) is 82.0 Å². The molecule has 0 saturated carbocycles. The predicted octanol–water partition coefficient (Wildman–Crippen LogP) is 10.1. The number of carboxylic acid groups (broad SMARTS) is 1. The average Bonchev–Trinajstić information content (AvgIpc) is 4.30. The maximum Gasteiger partial charge on any atom is 0.341 e. The van der Waals surface area contributed by atoms with Gasteiger partial charge < -0.3 is 39.8 Å². The number of carbonyl (C=O) groups excluding carboxylic acids is 3. The van der Waals surface area contributed by atoms with Gasteiger partial charge in [0, 0.05) is 59.5 Å². The smallest absolute Gasteiger partial charge is 0.341 e. The summed E-state index contributed by atoms with van der Waals surface area (Å²) in [6, 6.07) is 14.4. The lowest BCUT2D eigenvalue weighted by molar-refractivity contribution is 0.0691. The van der Waals surface area contributed by atoms with E-state index in [-0.39, 0.29) is 63.7 Å². The summed E-state index contributed by atoms with van der Waals surface area (Å²) in [4.78, 5) is 80.5. The number of aromatic amines is 2. The summed E-state index contributed by atoms with van der Waals surface area (Å²) in [6.45, 7) is 3.93. The van der Waals surface area contributed by atoms with Gasteiger partial charge in [-0.1, -0.05) is 12.1 Å². The van der Waals surface area contributed by atoms with Crippen LogP contribution in [0.2, 0.25) is 0 Å². The second-order valence-corrected chi connectivity index (χ2v) is 17.8. The molecule has 10 aromatic rings. The van der Waals surface area contributed by atoms with Crippen molar-refractivity contribution in [3.63, 3.8) is 0 Å². The first-order valence-electron chi connectivity index (χ1n) is 24.3. The second kappa shape index (κ2) is 29.4. The Bertz CT molecular complexity index is 3940. The van der Waals surface area contributed by atoms with Crippen molar-refractivity contribution < 1.29 is 69.6 Å². The Balaban J connectivity index is 0.000000180. The monoisotopic (exact) mass is 1180 g/mol. The number of H-pyrrole nitrogens is 2. The molecule has 0 aliphatic carbocycles. The number of aromatic nitrogens is 10. The molecule has 0 spiro atoms. The van der Waals surface area contributed by atoms with Crippen LogP contribution in [0.1, 0.15) is 80.5 Å². The Kier molecular flexibility index (Phi) is 22.0. The molecule has 10 aromatic heterocycles. The van der Waals surface area contributed by atoms with Gasteiger partial charge in [0.15, 0.2) is 12.1 Å². The van der Waals surface area contributed by atoms with Crippen molar-refractivity contribution in [3.8, 4) is 23.5 Å². The molecule has 5 N–H and O–H groups in total. The summed E-state index contributed by atoms with van der Waals surface area (Å²) < 4.78 is 98.1. The van der Waals surface area contributed by atoms with E-state index in [0.717, 1.165) is 93.4 Å². The highest BCUT2D eigenvalue weighted by atomic mass is 35.5. The van der Waals surface area contributed by atoms with Crippen molar-refractivity contribution in [3.05, 3.63) is 207 Å². The van der Waals surface area contributed by atoms with E-state index in [0.29, 0.717) is 30.3 Å². The number of Topliss-reactive ketones (excluding diaryl/α,β-unsaturated/α-hetero) is 1. The molecule has 0 aliphatic rings. The molecule has 0 aliphatic heterocycles. The first-order chi connectivity index (χ1) is 40.1. The Labute approximate surface area is 478 Å². The molecule has 20 nitrogen and oxygen atoms in total. The zero-order valence-corrected chi connectivity index (χ0v) is 45.9. The van der Waals surface area contributed by atoms with E-state index in [4.69, 9.17) is 27.2 Å². The van der Waals surface area contributed by atoms with Gasteiger partial charge in [-0.3, -0.25) is 14.4 Å². The number of nitrogens with two attached hydrogens (primary N) is 1. The van der Waals surface area contributed by atoms with Gasteiger partial charge in [-0.15, -0.1) is 0 Å². The van der Waals surface area contributed by atoms with Crippen molar-refractivity contribution in [1.82, 2.24) is 49.8 Å². The molecule has 0 amide bonds. The van der Waals surface area contributed by atoms with Gasteiger partial charge in [-0.2, -0.15) is 8.78 Å². The maximum absolute atomic E-state index is 14.6. The molecule has 0 saturated heterocycles. The fraction of sp³-hybridized carbons (Fsp3) is 0.158. The number of halogens is 7. The van der Waals surface area contributed by atoms with Crippen LogP contribution in [0.4, 0.5) is 32.2 Å². The molecular weight excluding hydrogens is 1130 g/mol. The molecule has 0 unspecified atom stereocenters. The van der Waals surface area contributed by atoms with Crippen LogP contribution in [0.25, 0.3) is 22.1 Å². The Morgan fingerprint density at radius 1 is 0.560 bits per heavy atom. The number of fused-ring (bicyclic) bond motifs is 2. The molecule has 0 fully saturated rings. The van der Waals surface area contributed by atoms with Crippen LogP contribution in [0, 0.1) is 49.0 Å². The van der Waals surface area contributed by atoms with Crippen molar-refractivity contribution in [2.45, 2.75) is 33.1 Å². The van der Waals surface area contributed by atoms with E-state index in [1.54, 1.807) is 42.9 Å². The summed E-state index contributed by atoms with van der Waals surface area (Å²) in [5.74, 6) is -5.15. The summed E-state index contributed by atoms with van der Waals surface area (Å²) in [5, 5.41) is 9.68. The lowest BCUT2D eigenvalue weighted by Gasteiger charge is -2.08. The molecular formula is C57H48ClF6N11O9.